The Bertz CT molecular complexity index is 381. The summed E-state index contributed by atoms with van der Waals surface area (Å²) >= 11 is 9.05. The molecule has 0 aromatic carbocycles. The van der Waals surface area contributed by atoms with Crippen LogP contribution >= 0.6 is 24.4 Å². The van der Waals surface area contributed by atoms with Crippen molar-refractivity contribution in [1.29, 1.82) is 0 Å². The average Bonchev–Trinajstić information content (AvgIpc) is 2.60. The lowest BCUT2D eigenvalue weighted by Crippen LogP contribution is -1.84. The maximum atomic E-state index is 4.55. The van der Waals surface area contributed by atoms with Gasteiger partial charge in [0.25, 0.3) is 0 Å². The molecule has 4 heteroatoms. The predicted molar refractivity (Wildman–Crippen MR) is 113 cm³/mol. The van der Waals surface area contributed by atoms with Crippen LogP contribution in [0.3, 0.4) is 0 Å². The molecule has 0 saturated heterocycles. The van der Waals surface area contributed by atoms with Crippen LogP contribution in [0.4, 0.5) is 0 Å². The number of nitrogens with zero attached hydrogens (tertiary/aromatic N) is 2. The number of rotatable bonds is 18. The molecule has 24 heavy (non-hydrogen) atoms. The quantitative estimate of drug-likeness (QED) is 0.142. The summed E-state index contributed by atoms with van der Waals surface area (Å²) in [5, 5.41) is 4.76. The highest BCUT2D eigenvalue weighted by atomic mass is 32.1. The minimum Gasteiger partial charge on any atom is -0.233 e. The molecule has 0 atom stereocenters. The van der Waals surface area contributed by atoms with Gasteiger partial charge in [-0.2, -0.15) is 0 Å². The second-order valence-electron chi connectivity index (χ2n) is 6.32. The first kappa shape index (κ1) is 23.3. The van der Waals surface area contributed by atoms with E-state index in [2.05, 4.69) is 50.8 Å². The molecule has 136 valence electrons. The summed E-state index contributed by atoms with van der Waals surface area (Å²) in [6.45, 7) is 0.864. The number of hydrogen-bond donors (Lipinski definition) is 0. The van der Waals surface area contributed by atoms with Gasteiger partial charge in [-0.05, 0) is 43.7 Å². The number of allylic oxidation sites excluding steroid dienone is 1. The van der Waals surface area contributed by atoms with Crippen LogP contribution in [-0.4, -0.2) is 16.9 Å². The lowest BCUT2D eigenvalue weighted by molar-refractivity contribution is 0.534. The van der Waals surface area contributed by atoms with Crippen molar-refractivity contribution in [2.45, 2.75) is 96.3 Å². The van der Waals surface area contributed by atoms with E-state index in [0.717, 1.165) is 13.0 Å². The van der Waals surface area contributed by atoms with E-state index in [4.69, 9.17) is 0 Å². The number of thiocarbonyl (C=S) groups is 2. The van der Waals surface area contributed by atoms with Gasteiger partial charge >= 0.3 is 0 Å². The highest BCUT2D eigenvalue weighted by Gasteiger charge is 1.94. The van der Waals surface area contributed by atoms with E-state index in [-0.39, 0.29) is 0 Å². The van der Waals surface area contributed by atoms with Crippen molar-refractivity contribution in [2.75, 3.05) is 6.54 Å². The first-order valence-electron chi connectivity index (χ1n) is 9.67. The van der Waals surface area contributed by atoms with Gasteiger partial charge in [-0.3, -0.25) is 0 Å². The van der Waals surface area contributed by atoms with Gasteiger partial charge in [-0.15, -0.1) is 0 Å². The number of isothiocyanates is 2. The third kappa shape index (κ3) is 21.3. The molecule has 0 aliphatic heterocycles. The highest BCUT2D eigenvalue weighted by molar-refractivity contribution is 7.78. The zero-order valence-electron chi connectivity index (χ0n) is 15.2. The van der Waals surface area contributed by atoms with Crippen LogP contribution < -0.4 is 0 Å². The molecule has 0 aliphatic carbocycles. The summed E-state index contributed by atoms with van der Waals surface area (Å²) in [6, 6.07) is 0. The Balaban J connectivity index is 3.05. The van der Waals surface area contributed by atoms with Crippen LogP contribution in [0.1, 0.15) is 96.3 Å². The molecular formula is C20H34N2S2. The molecule has 0 N–H and O–H groups in total. The Morgan fingerprint density at radius 3 is 1.50 bits per heavy atom. The van der Waals surface area contributed by atoms with E-state index in [1.807, 2.05) is 0 Å². The Kier molecular flexibility index (Phi) is 21.7. The number of unbranched alkanes of at least 4 members (excludes halogenated alkanes) is 14. The van der Waals surface area contributed by atoms with Gasteiger partial charge in [0.2, 0.25) is 0 Å². The van der Waals surface area contributed by atoms with Gasteiger partial charge in [0.05, 0.1) is 10.3 Å². The summed E-state index contributed by atoms with van der Waals surface area (Å²) in [5.74, 6) is 0. The second kappa shape index (κ2) is 22.3. The monoisotopic (exact) mass is 366 g/mol. The molecule has 0 radical (unpaired) electrons. The lowest BCUT2D eigenvalue weighted by Gasteiger charge is -2.03. The van der Waals surface area contributed by atoms with Crippen LogP contribution in [0.2, 0.25) is 0 Å². The SMILES string of the molecule is S=C=NC=CCCCCCCCCCCCCCCCCN=C=S. The van der Waals surface area contributed by atoms with Gasteiger partial charge in [0, 0.05) is 12.7 Å². The molecule has 0 rings (SSSR count). The van der Waals surface area contributed by atoms with Gasteiger partial charge in [-0.1, -0.05) is 83.1 Å². The Labute approximate surface area is 159 Å². The minimum absolute atomic E-state index is 0.864. The van der Waals surface area contributed by atoms with Crippen LogP contribution in [0.15, 0.2) is 22.3 Å². The Morgan fingerprint density at radius 2 is 1.04 bits per heavy atom. The van der Waals surface area contributed by atoms with Crippen molar-refractivity contribution in [1.82, 2.24) is 0 Å². The predicted octanol–water partition coefficient (Wildman–Crippen LogP) is 7.56. The average molecular weight is 367 g/mol. The summed E-state index contributed by atoms with van der Waals surface area (Å²) < 4.78 is 0. The molecule has 0 aromatic heterocycles. The van der Waals surface area contributed by atoms with Gasteiger partial charge in [0.15, 0.2) is 0 Å². The topological polar surface area (TPSA) is 24.7 Å². The van der Waals surface area contributed by atoms with Crippen molar-refractivity contribution in [2.24, 2.45) is 9.98 Å². The largest absolute Gasteiger partial charge is 0.233 e. The van der Waals surface area contributed by atoms with Gasteiger partial charge < -0.3 is 0 Å². The van der Waals surface area contributed by atoms with E-state index >= 15 is 0 Å². The van der Waals surface area contributed by atoms with Crippen molar-refractivity contribution in [3.8, 4) is 0 Å². The summed E-state index contributed by atoms with van der Waals surface area (Å²) in [5.41, 5.74) is 0. The molecule has 0 unspecified atom stereocenters. The fourth-order valence-corrected chi connectivity index (χ4v) is 2.93. The molecule has 2 nitrogen and oxygen atoms in total. The van der Waals surface area contributed by atoms with Crippen LogP contribution in [0, 0.1) is 0 Å². The standard InChI is InChI=1S/C20H34N2S2/c23-19-21-17-15-13-11-9-7-5-3-1-2-4-6-8-10-12-14-16-18-22-20-24/h15,17H,1-14,16,18H2. The van der Waals surface area contributed by atoms with Gasteiger partial charge in [0.1, 0.15) is 0 Å². The molecule has 0 aliphatic rings. The number of hydrogen-bond acceptors (Lipinski definition) is 4. The maximum Gasteiger partial charge on any atom is 0.0634 e. The molecule has 0 aromatic rings. The Hall–Kier alpha value is -0.660. The van der Waals surface area contributed by atoms with Crippen molar-refractivity contribution in [3.63, 3.8) is 0 Å². The summed E-state index contributed by atoms with van der Waals surface area (Å²) in [6.07, 6.45) is 24.0. The van der Waals surface area contributed by atoms with E-state index in [9.17, 15) is 0 Å². The van der Waals surface area contributed by atoms with E-state index < -0.39 is 0 Å². The van der Waals surface area contributed by atoms with Gasteiger partial charge in [-0.25, -0.2) is 9.98 Å². The zero-order valence-corrected chi connectivity index (χ0v) is 16.8. The summed E-state index contributed by atoms with van der Waals surface area (Å²) in [7, 11) is 0. The van der Waals surface area contributed by atoms with Crippen molar-refractivity contribution >= 4 is 34.8 Å². The van der Waals surface area contributed by atoms with E-state index in [0.29, 0.717) is 0 Å². The molecule has 0 amide bonds. The third-order valence-electron chi connectivity index (χ3n) is 4.19. The van der Waals surface area contributed by atoms with Crippen LogP contribution in [0.5, 0.6) is 0 Å². The Morgan fingerprint density at radius 1 is 0.583 bits per heavy atom. The molecule has 0 saturated carbocycles. The van der Waals surface area contributed by atoms with Crippen LogP contribution in [0.25, 0.3) is 0 Å². The first-order chi connectivity index (χ1) is 11.9. The molecule has 0 heterocycles. The highest BCUT2D eigenvalue weighted by Crippen LogP contribution is 2.13. The van der Waals surface area contributed by atoms with E-state index in [1.165, 1.54) is 89.9 Å². The molecule has 0 spiro atoms. The molecular weight excluding hydrogens is 332 g/mol. The maximum absolute atomic E-state index is 4.55. The second-order valence-corrected chi connectivity index (χ2v) is 6.68. The molecule has 0 fully saturated rings. The molecule has 0 bridgehead atoms. The lowest BCUT2D eigenvalue weighted by atomic mass is 10.0. The number of aliphatic imine (C=N–C) groups is 2. The fourth-order valence-electron chi connectivity index (χ4n) is 2.78. The first-order valence-corrected chi connectivity index (χ1v) is 10.5. The third-order valence-corrected chi connectivity index (χ3v) is 4.42. The fraction of sp³-hybridized carbons (Fsp3) is 0.800. The minimum atomic E-state index is 0.864. The smallest absolute Gasteiger partial charge is 0.0634 e. The van der Waals surface area contributed by atoms with Crippen molar-refractivity contribution in [3.05, 3.63) is 12.3 Å². The van der Waals surface area contributed by atoms with E-state index in [1.54, 1.807) is 6.20 Å². The summed E-state index contributed by atoms with van der Waals surface area (Å²) in [4.78, 5) is 7.70. The van der Waals surface area contributed by atoms with Crippen LogP contribution in [-0.2, 0) is 0 Å². The van der Waals surface area contributed by atoms with Crippen molar-refractivity contribution < 1.29 is 0 Å². The zero-order chi connectivity index (χ0) is 17.6. The normalized spacial score (nSPS) is 10.5.